The number of ether oxygens (including phenoxy) is 1. The summed E-state index contributed by atoms with van der Waals surface area (Å²) in [5.74, 6) is 1.97. The van der Waals surface area contributed by atoms with E-state index in [-0.39, 0.29) is 36.1 Å². The molecule has 0 aromatic rings. The summed E-state index contributed by atoms with van der Waals surface area (Å²) in [6.07, 6.45) is 4.97. The summed E-state index contributed by atoms with van der Waals surface area (Å²) in [5.41, 5.74) is -0.453. The van der Waals surface area contributed by atoms with Gasteiger partial charge in [0.2, 0.25) is 0 Å². The molecule has 1 amide bonds. The maximum atomic E-state index is 12.2. The Balaban J connectivity index is 0.00000576. The van der Waals surface area contributed by atoms with Crippen LogP contribution in [0.25, 0.3) is 0 Å². The number of hydrogen-bond acceptors (Lipinski definition) is 4. The average Bonchev–Trinajstić information content (AvgIpc) is 2.50. The number of thioether (sulfide) groups is 1. The number of hydrogen-bond donors (Lipinski definition) is 2. The molecule has 1 atom stereocenters. The van der Waals surface area contributed by atoms with Crippen molar-refractivity contribution in [1.29, 1.82) is 0 Å². The van der Waals surface area contributed by atoms with Crippen LogP contribution in [0.5, 0.6) is 0 Å². The van der Waals surface area contributed by atoms with Crippen LogP contribution >= 0.6 is 35.7 Å². The number of guanidine groups is 1. The fourth-order valence-corrected chi connectivity index (χ4v) is 2.92. The topological polar surface area (TPSA) is 66.0 Å². The molecule has 1 saturated heterocycles. The second-order valence-corrected chi connectivity index (χ2v) is 8.00. The molecular weight excluding hydrogens is 451 g/mol. The maximum Gasteiger partial charge on any atom is 0.410 e. The van der Waals surface area contributed by atoms with E-state index in [1.807, 2.05) is 32.5 Å². The summed E-state index contributed by atoms with van der Waals surface area (Å²) in [6.45, 7) is 10.8. The van der Waals surface area contributed by atoms with Gasteiger partial charge < -0.3 is 20.3 Å². The summed E-state index contributed by atoms with van der Waals surface area (Å²) < 4.78 is 5.48. The van der Waals surface area contributed by atoms with Gasteiger partial charge in [0.15, 0.2) is 5.96 Å². The van der Waals surface area contributed by atoms with Crippen LogP contribution in [0.1, 0.15) is 47.0 Å². The zero-order valence-corrected chi connectivity index (χ0v) is 19.4. The van der Waals surface area contributed by atoms with Crippen LogP contribution in [0.15, 0.2) is 4.99 Å². The molecule has 0 spiro atoms. The molecule has 1 heterocycles. The second kappa shape index (κ2) is 12.9. The molecule has 8 heteroatoms. The Morgan fingerprint density at radius 3 is 2.72 bits per heavy atom. The molecule has 1 rings (SSSR count). The van der Waals surface area contributed by atoms with Crippen LogP contribution in [-0.4, -0.2) is 66.8 Å². The molecule has 0 bridgehead atoms. The van der Waals surface area contributed by atoms with Gasteiger partial charge in [-0.3, -0.25) is 4.99 Å². The molecule has 1 aliphatic rings. The molecule has 148 valence electrons. The lowest BCUT2D eigenvalue weighted by Crippen LogP contribution is -2.53. The molecule has 0 aliphatic carbocycles. The van der Waals surface area contributed by atoms with Gasteiger partial charge in [0.05, 0.1) is 0 Å². The third-order valence-electron chi connectivity index (χ3n) is 3.53. The van der Waals surface area contributed by atoms with Crippen molar-refractivity contribution in [2.75, 3.05) is 38.2 Å². The van der Waals surface area contributed by atoms with E-state index in [4.69, 9.17) is 4.74 Å². The number of nitrogens with zero attached hydrogens (tertiary/aromatic N) is 2. The molecule has 6 nitrogen and oxygen atoms in total. The van der Waals surface area contributed by atoms with Crippen LogP contribution < -0.4 is 10.6 Å². The SMILES string of the molecule is CCNC(=NCCCSC)NC1CCCN(C(=O)OC(C)(C)C)C1.I. The van der Waals surface area contributed by atoms with E-state index in [0.29, 0.717) is 6.54 Å². The number of carbonyl (C=O) groups is 1. The highest BCUT2D eigenvalue weighted by Gasteiger charge is 2.27. The predicted octanol–water partition coefficient (Wildman–Crippen LogP) is 3.31. The lowest BCUT2D eigenvalue weighted by atomic mass is 10.1. The van der Waals surface area contributed by atoms with E-state index in [2.05, 4.69) is 28.8 Å². The van der Waals surface area contributed by atoms with Crippen molar-refractivity contribution in [3.05, 3.63) is 0 Å². The largest absolute Gasteiger partial charge is 0.444 e. The maximum absolute atomic E-state index is 12.2. The molecule has 0 radical (unpaired) electrons. The summed E-state index contributed by atoms with van der Waals surface area (Å²) in [6, 6.07) is 0.213. The first kappa shape index (κ1) is 24.6. The zero-order chi connectivity index (χ0) is 18.0. The molecule has 25 heavy (non-hydrogen) atoms. The number of rotatable bonds is 6. The Labute approximate surface area is 174 Å². The highest BCUT2D eigenvalue weighted by Crippen LogP contribution is 2.15. The van der Waals surface area contributed by atoms with Crippen LogP contribution in [0.4, 0.5) is 4.79 Å². The summed E-state index contributed by atoms with van der Waals surface area (Å²) in [4.78, 5) is 18.7. The number of aliphatic imine (C=N–C) groups is 1. The quantitative estimate of drug-likeness (QED) is 0.261. The minimum Gasteiger partial charge on any atom is -0.444 e. The fraction of sp³-hybridized carbons (Fsp3) is 0.882. The van der Waals surface area contributed by atoms with Crippen molar-refractivity contribution in [1.82, 2.24) is 15.5 Å². The van der Waals surface area contributed by atoms with E-state index in [1.165, 1.54) is 0 Å². The van der Waals surface area contributed by atoms with Crippen LogP contribution in [0.3, 0.4) is 0 Å². The van der Waals surface area contributed by atoms with Gasteiger partial charge in [-0.2, -0.15) is 11.8 Å². The van der Waals surface area contributed by atoms with Gasteiger partial charge >= 0.3 is 6.09 Å². The number of carbonyl (C=O) groups excluding carboxylic acids is 1. The van der Waals surface area contributed by atoms with E-state index in [0.717, 1.165) is 50.6 Å². The van der Waals surface area contributed by atoms with E-state index < -0.39 is 5.60 Å². The lowest BCUT2D eigenvalue weighted by molar-refractivity contribution is 0.0193. The fourth-order valence-electron chi connectivity index (χ4n) is 2.50. The number of piperidine rings is 1. The van der Waals surface area contributed by atoms with Crippen molar-refractivity contribution in [2.24, 2.45) is 4.99 Å². The molecule has 1 fully saturated rings. The molecular formula is C17H35IN4O2S. The Kier molecular flexibility index (Phi) is 12.7. The average molecular weight is 486 g/mol. The normalized spacial score (nSPS) is 18.4. The molecule has 1 unspecified atom stereocenters. The predicted molar refractivity (Wildman–Crippen MR) is 118 cm³/mol. The second-order valence-electron chi connectivity index (χ2n) is 7.02. The van der Waals surface area contributed by atoms with Crippen molar-refractivity contribution in [3.63, 3.8) is 0 Å². The minimum atomic E-state index is -0.453. The van der Waals surface area contributed by atoms with Crippen LogP contribution in [0, 0.1) is 0 Å². The first-order valence-electron chi connectivity index (χ1n) is 8.87. The number of nitrogens with one attached hydrogen (secondary N) is 2. The van der Waals surface area contributed by atoms with Gasteiger partial charge in [-0.1, -0.05) is 0 Å². The third kappa shape index (κ3) is 11.0. The smallest absolute Gasteiger partial charge is 0.410 e. The highest BCUT2D eigenvalue weighted by molar-refractivity contribution is 14.0. The Hall–Kier alpha value is -0.380. The van der Waals surface area contributed by atoms with Crippen molar-refractivity contribution in [2.45, 2.75) is 58.6 Å². The van der Waals surface area contributed by atoms with Gasteiger partial charge in [-0.15, -0.1) is 24.0 Å². The van der Waals surface area contributed by atoms with Gasteiger partial charge in [0.1, 0.15) is 5.60 Å². The van der Waals surface area contributed by atoms with Crippen molar-refractivity contribution in [3.8, 4) is 0 Å². The number of likely N-dealkylation sites (tertiary alicyclic amines) is 1. The summed E-state index contributed by atoms with van der Waals surface area (Å²) >= 11 is 1.84. The molecule has 1 aliphatic heterocycles. The van der Waals surface area contributed by atoms with Crippen LogP contribution in [0.2, 0.25) is 0 Å². The van der Waals surface area contributed by atoms with E-state index in [1.54, 1.807) is 4.90 Å². The first-order valence-corrected chi connectivity index (χ1v) is 10.3. The Bertz CT molecular complexity index is 416. The highest BCUT2D eigenvalue weighted by atomic mass is 127. The number of amides is 1. The molecule has 0 aromatic heterocycles. The third-order valence-corrected chi connectivity index (χ3v) is 4.23. The monoisotopic (exact) mass is 486 g/mol. The minimum absolute atomic E-state index is 0. The van der Waals surface area contributed by atoms with Gasteiger partial charge in [-0.25, -0.2) is 4.79 Å². The standard InChI is InChI=1S/C17H34N4O2S.HI/c1-6-18-15(19-10-8-12-24-5)20-14-9-7-11-21(13-14)16(22)23-17(2,3)4;/h14H,6-13H2,1-5H3,(H2,18,19,20);1H. The van der Waals surface area contributed by atoms with E-state index in [9.17, 15) is 4.79 Å². The van der Waals surface area contributed by atoms with Gasteiger partial charge in [0.25, 0.3) is 0 Å². The Morgan fingerprint density at radius 1 is 1.40 bits per heavy atom. The first-order chi connectivity index (χ1) is 11.4. The molecule has 0 aromatic carbocycles. The number of halogens is 1. The van der Waals surface area contributed by atoms with Gasteiger partial charge in [0, 0.05) is 32.2 Å². The lowest BCUT2D eigenvalue weighted by Gasteiger charge is -2.35. The van der Waals surface area contributed by atoms with Gasteiger partial charge in [-0.05, 0) is 59.0 Å². The van der Waals surface area contributed by atoms with Crippen molar-refractivity contribution >= 4 is 47.8 Å². The zero-order valence-electron chi connectivity index (χ0n) is 16.3. The summed E-state index contributed by atoms with van der Waals surface area (Å²) in [7, 11) is 0. The molecule has 2 N–H and O–H groups in total. The van der Waals surface area contributed by atoms with Crippen molar-refractivity contribution < 1.29 is 9.53 Å². The Morgan fingerprint density at radius 2 is 2.12 bits per heavy atom. The van der Waals surface area contributed by atoms with E-state index >= 15 is 0 Å². The summed E-state index contributed by atoms with van der Waals surface area (Å²) in [5, 5.41) is 6.75. The molecule has 0 saturated carbocycles. The van der Waals surface area contributed by atoms with Crippen LogP contribution in [-0.2, 0) is 4.74 Å².